The van der Waals surface area contributed by atoms with E-state index in [1.807, 2.05) is 6.92 Å². The summed E-state index contributed by atoms with van der Waals surface area (Å²) in [5.41, 5.74) is 0. The molecular formula is C8H15N3OS. The van der Waals surface area contributed by atoms with Gasteiger partial charge in [-0.3, -0.25) is 0 Å². The first-order valence-corrected chi connectivity index (χ1v) is 5.08. The lowest BCUT2D eigenvalue weighted by Crippen LogP contribution is -2.29. The molecule has 13 heavy (non-hydrogen) atoms. The van der Waals surface area contributed by atoms with Gasteiger partial charge in [-0.15, -0.1) is 0 Å². The molecule has 1 aromatic rings. The van der Waals surface area contributed by atoms with Crippen LogP contribution in [-0.4, -0.2) is 27.1 Å². The molecule has 2 N–H and O–H groups in total. The first-order valence-electron chi connectivity index (χ1n) is 4.31. The number of aryl methyl sites for hydroxylation is 1. The fraction of sp³-hybridized carbons (Fsp3) is 0.750. The number of aliphatic hydroxyl groups is 1. The number of aromatic nitrogens is 2. The quantitative estimate of drug-likeness (QED) is 0.770. The Balaban J connectivity index is 2.56. The third-order valence-corrected chi connectivity index (χ3v) is 2.58. The Morgan fingerprint density at radius 1 is 1.54 bits per heavy atom. The van der Waals surface area contributed by atoms with Gasteiger partial charge in [0.2, 0.25) is 5.13 Å². The Hall–Kier alpha value is -0.680. The first kappa shape index (κ1) is 10.4. The average molecular weight is 201 g/mol. The standard InChI is InChI=1S/C8H15N3OS/c1-5(2)7(4-12)10-8-9-6(3)11-13-8/h5,7,12H,4H2,1-3H3,(H,9,10,11). The zero-order valence-corrected chi connectivity index (χ0v) is 8.93. The van der Waals surface area contributed by atoms with Gasteiger partial charge < -0.3 is 10.4 Å². The first-order chi connectivity index (χ1) is 6.13. The molecule has 0 aliphatic heterocycles. The van der Waals surface area contributed by atoms with Crippen LogP contribution >= 0.6 is 11.5 Å². The highest BCUT2D eigenvalue weighted by atomic mass is 32.1. The van der Waals surface area contributed by atoms with Crippen molar-refractivity contribution in [3.63, 3.8) is 0 Å². The van der Waals surface area contributed by atoms with Crippen LogP contribution in [0.1, 0.15) is 19.7 Å². The van der Waals surface area contributed by atoms with Crippen LogP contribution in [0, 0.1) is 12.8 Å². The summed E-state index contributed by atoms with van der Waals surface area (Å²) in [6, 6.07) is 0.0624. The Kier molecular flexibility index (Phi) is 3.62. The molecule has 1 atom stereocenters. The van der Waals surface area contributed by atoms with Crippen LogP contribution in [0.4, 0.5) is 5.13 Å². The van der Waals surface area contributed by atoms with Crippen LogP contribution in [0.5, 0.6) is 0 Å². The van der Waals surface area contributed by atoms with E-state index < -0.39 is 0 Å². The van der Waals surface area contributed by atoms with Crippen molar-refractivity contribution in [2.75, 3.05) is 11.9 Å². The van der Waals surface area contributed by atoms with Crippen LogP contribution in [0.15, 0.2) is 0 Å². The SMILES string of the molecule is Cc1nsc(NC(CO)C(C)C)n1. The molecule has 74 valence electrons. The highest BCUT2D eigenvalue weighted by Gasteiger charge is 2.13. The molecule has 0 radical (unpaired) electrons. The van der Waals surface area contributed by atoms with E-state index in [-0.39, 0.29) is 12.6 Å². The summed E-state index contributed by atoms with van der Waals surface area (Å²) < 4.78 is 4.05. The molecule has 0 aliphatic carbocycles. The van der Waals surface area contributed by atoms with Gasteiger partial charge in [0.1, 0.15) is 5.82 Å². The summed E-state index contributed by atoms with van der Waals surface area (Å²) in [5, 5.41) is 13.0. The van der Waals surface area contributed by atoms with Gasteiger partial charge in [-0.05, 0) is 12.8 Å². The lowest BCUT2D eigenvalue weighted by atomic mass is 10.1. The third-order valence-electron chi connectivity index (χ3n) is 1.84. The van der Waals surface area contributed by atoms with E-state index in [1.165, 1.54) is 11.5 Å². The highest BCUT2D eigenvalue weighted by Crippen LogP contribution is 2.14. The van der Waals surface area contributed by atoms with Crippen LogP contribution in [0.2, 0.25) is 0 Å². The van der Waals surface area contributed by atoms with E-state index in [2.05, 4.69) is 28.5 Å². The molecule has 1 heterocycles. The molecule has 1 rings (SSSR count). The Labute approximate surface area is 82.2 Å². The van der Waals surface area contributed by atoms with Gasteiger partial charge in [-0.2, -0.15) is 4.37 Å². The van der Waals surface area contributed by atoms with Gasteiger partial charge in [0.05, 0.1) is 12.6 Å². The number of rotatable bonds is 4. The third kappa shape index (κ3) is 2.93. The van der Waals surface area contributed by atoms with Crippen molar-refractivity contribution in [2.45, 2.75) is 26.8 Å². The molecule has 0 amide bonds. The number of anilines is 1. The van der Waals surface area contributed by atoms with Crippen molar-refractivity contribution < 1.29 is 5.11 Å². The molecule has 5 heteroatoms. The summed E-state index contributed by atoms with van der Waals surface area (Å²) in [4.78, 5) is 4.17. The minimum atomic E-state index is 0.0624. The highest BCUT2D eigenvalue weighted by molar-refractivity contribution is 7.09. The normalized spacial score (nSPS) is 13.3. The molecule has 0 fully saturated rings. The molecule has 1 aromatic heterocycles. The van der Waals surface area contributed by atoms with Crippen molar-refractivity contribution >= 4 is 16.7 Å². The van der Waals surface area contributed by atoms with E-state index in [1.54, 1.807) is 0 Å². The fourth-order valence-electron chi connectivity index (χ4n) is 0.937. The molecule has 1 unspecified atom stereocenters. The number of nitrogens with one attached hydrogen (secondary N) is 1. The van der Waals surface area contributed by atoms with Crippen molar-refractivity contribution in [1.82, 2.24) is 9.36 Å². The fourth-order valence-corrected chi connectivity index (χ4v) is 1.57. The Morgan fingerprint density at radius 3 is 2.62 bits per heavy atom. The van der Waals surface area contributed by atoms with Crippen LogP contribution < -0.4 is 5.32 Å². The minimum Gasteiger partial charge on any atom is -0.394 e. The summed E-state index contributed by atoms with van der Waals surface area (Å²) >= 11 is 1.33. The smallest absolute Gasteiger partial charge is 0.202 e. The van der Waals surface area contributed by atoms with Gasteiger partial charge in [-0.25, -0.2) is 4.98 Å². The average Bonchev–Trinajstić information content (AvgIpc) is 2.46. The lowest BCUT2D eigenvalue weighted by molar-refractivity contribution is 0.249. The monoisotopic (exact) mass is 201 g/mol. The zero-order chi connectivity index (χ0) is 9.84. The van der Waals surface area contributed by atoms with E-state index in [0.717, 1.165) is 11.0 Å². The number of hydrogen-bond acceptors (Lipinski definition) is 5. The van der Waals surface area contributed by atoms with Gasteiger partial charge in [0.15, 0.2) is 0 Å². The molecular weight excluding hydrogens is 186 g/mol. The predicted octanol–water partition coefficient (Wildman–Crippen LogP) is 1.28. The molecule has 0 bridgehead atoms. The topological polar surface area (TPSA) is 58.0 Å². The molecule has 0 saturated carbocycles. The second-order valence-electron chi connectivity index (χ2n) is 3.32. The summed E-state index contributed by atoms with van der Waals surface area (Å²) in [6.07, 6.45) is 0. The Bertz CT molecular complexity index is 262. The van der Waals surface area contributed by atoms with Crippen molar-refractivity contribution in [1.29, 1.82) is 0 Å². The van der Waals surface area contributed by atoms with E-state index in [4.69, 9.17) is 5.11 Å². The maximum atomic E-state index is 9.06. The molecule has 0 spiro atoms. The molecule has 0 aromatic carbocycles. The molecule has 0 aliphatic rings. The van der Waals surface area contributed by atoms with Crippen LogP contribution in [-0.2, 0) is 0 Å². The van der Waals surface area contributed by atoms with Crippen LogP contribution in [0.3, 0.4) is 0 Å². The summed E-state index contributed by atoms with van der Waals surface area (Å²) in [5.74, 6) is 1.15. The van der Waals surface area contributed by atoms with Gasteiger partial charge in [0, 0.05) is 11.5 Å². The Morgan fingerprint density at radius 2 is 2.23 bits per heavy atom. The maximum Gasteiger partial charge on any atom is 0.202 e. The second-order valence-corrected chi connectivity index (χ2v) is 4.08. The lowest BCUT2D eigenvalue weighted by Gasteiger charge is -2.18. The molecule has 4 nitrogen and oxygen atoms in total. The van der Waals surface area contributed by atoms with Gasteiger partial charge >= 0.3 is 0 Å². The summed E-state index contributed by atoms with van der Waals surface area (Å²) in [7, 11) is 0. The number of nitrogens with zero attached hydrogens (tertiary/aromatic N) is 2. The van der Waals surface area contributed by atoms with Crippen molar-refractivity contribution in [2.24, 2.45) is 5.92 Å². The van der Waals surface area contributed by atoms with Gasteiger partial charge in [-0.1, -0.05) is 13.8 Å². The van der Waals surface area contributed by atoms with E-state index >= 15 is 0 Å². The number of hydrogen-bond donors (Lipinski definition) is 2. The predicted molar refractivity (Wildman–Crippen MR) is 54.0 cm³/mol. The zero-order valence-electron chi connectivity index (χ0n) is 8.11. The van der Waals surface area contributed by atoms with E-state index in [9.17, 15) is 0 Å². The minimum absolute atomic E-state index is 0.0624. The summed E-state index contributed by atoms with van der Waals surface area (Å²) in [6.45, 7) is 6.09. The van der Waals surface area contributed by atoms with Crippen LogP contribution in [0.25, 0.3) is 0 Å². The largest absolute Gasteiger partial charge is 0.394 e. The van der Waals surface area contributed by atoms with Crippen molar-refractivity contribution in [3.05, 3.63) is 5.82 Å². The maximum absolute atomic E-state index is 9.06. The van der Waals surface area contributed by atoms with Crippen molar-refractivity contribution in [3.8, 4) is 0 Å². The number of aliphatic hydroxyl groups excluding tert-OH is 1. The van der Waals surface area contributed by atoms with Gasteiger partial charge in [0.25, 0.3) is 0 Å². The molecule has 0 saturated heterocycles. The second kappa shape index (κ2) is 4.53. The van der Waals surface area contributed by atoms with E-state index in [0.29, 0.717) is 5.92 Å².